The summed E-state index contributed by atoms with van der Waals surface area (Å²) in [6, 6.07) is 7.62. The second-order valence-corrected chi connectivity index (χ2v) is 6.27. The lowest BCUT2D eigenvalue weighted by Crippen LogP contribution is -2.34. The number of anilines is 1. The third-order valence-electron chi connectivity index (χ3n) is 3.65. The van der Waals surface area contributed by atoms with Crippen LogP contribution in [-0.2, 0) is 4.79 Å². The number of para-hydroxylation sites is 2. The van der Waals surface area contributed by atoms with E-state index in [0.717, 1.165) is 37.1 Å². The van der Waals surface area contributed by atoms with Gasteiger partial charge in [-0.25, -0.2) is 0 Å². The smallest absolute Gasteiger partial charge is 0.226 e. The van der Waals surface area contributed by atoms with Crippen molar-refractivity contribution < 1.29 is 9.53 Å². The van der Waals surface area contributed by atoms with Gasteiger partial charge in [0, 0.05) is 6.42 Å². The molecule has 1 aromatic carbocycles. The Morgan fingerprint density at radius 1 is 1.04 bits per heavy atom. The van der Waals surface area contributed by atoms with Gasteiger partial charge in [-0.1, -0.05) is 58.1 Å². The Morgan fingerprint density at radius 3 is 2.50 bits per heavy atom. The minimum absolute atomic E-state index is 0.0339. The SMILES string of the molecule is CCCCCCCC(=O)NC(=S)Nc1ccccc1OCCCC. The van der Waals surface area contributed by atoms with Crippen molar-refractivity contribution in [2.45, 2.75) is 65.2 Å². The molecule has 134 valence electrons. The standard InChI is InChI=1S/C19H30N2O2S/c1-3-5-7-8-9-14-18(22)21-19(24)20-16-12-10-11-13-17(16)23-15-6-4-2/h10-13H,3-9,14-15H2,1-2H3,(H2,20,21,22,24). The number of rotatable bonds is 11. The minimum Gasteiger partial charge on any atom is -0.491 e. The Bertz CT molecular complexity index is 506. The number of carbonyl (C=O) groups is 1. The summed E-state index contributed by atoms with van der Waals surface area (Å²) >= 11 is 5.23. The van der Waals surface area contributed by atoms with Crippen LogP contribution in [0.2, 0.25) is 0 Å². The van der Waals surface area contributed by atoms with Crippen LogP contribution in [0.3, 0.4) is 0 Å². The van der Waals surface area contributed by atoms with E-state index in [4.69, 9.17) is 17.0 Å². The molecule has 2 N–H and O–H groups in total. The summed E-state index contributed by atoms with van der Waals surface area (Å²) < 4.78 is 5.75. The number of carbonyl (C=O) groups excluding carboxylic acids is 1. The lowest BCUT2D eigenvalue weighted by atomic mass is 10.1. The highest BCUT2D eigenvalue weighted by Gasteiger charge is 2.08. The van der Waals surface area contributed by atoms with Crippen molar-refractivity contribution in [3.05, 3.63) is 24.3 Å². The van der Waals surface area contributed by atoms with Crippen LogP contribution in [0.5, 0.6) is 5.75 Å². The maximum atomic E-state index is 11.9. The van der Waals surface area contributed by atoms with E-state index in [0.29, 0.717) is 18.1 Å². The molecule has 0 aromatic heterocycles. The van der Waals surface area contributed by atoms with E-state index in [1.165, 1.54) is 19.3 Å². The van der Waals surface area contributed by atoms with Crippen molar-refractivity contribution in [2.75, 3.05) is 11.9 Å². The molecule has 0 saturated heterocycles. The second kappa shape index (κ2) is 12.8. The quantitative estimate of drug-likeness (QED) is 0.434. The Labute approximate surface area is 151 Å². The van der Waals surface area contributed by atoms with Gasteiger partial charge in [-0.3, -0.25) is 4.79 Å². The van der Waals surface area contributed by atoms with Crippen LogP contribution < -0.4 is 15.4 Å². The second-order valence-electron chi connectivity index (χ2n) is 5.86. The molecular weight excluding hydrogens is 320 g/mol. The maximum absolute atomic E-state index is 11.9. The van der Waals surface area contributed by atoms with Gasteiger partial charge in [0.25, 0.3) is 0 Å². The fraction of sp³-hybridized carbons (Fsp3) is 0.579. The molecule has 0 bridgehead atoms. The highest BCUT2D eigenvalue weighted by Crippen LogP contribution is 2.23. The van der Waals surface area contributed by atoms with E-state index >= 15 is 0 Å². The maximum Gasteiger partial charge on any atom is 0.226 e. The summed E-state index contributed by atoms with van der Waals surface area (Å²) in [7, 11) is 0. The number of unbranched alkanes of at least 4 members (excludes halogenated alkanes) is 5. The molecule has 1 rings (SSSR count). The van der Waals surface area contributed by atoms with Crippen molar-refractivity contribution in [2.24, 2.45) is 0 Å². The number of hydrogen-bond donors (Lipinski definition) is 2. The van der Waals surface area contributed by atoms with Crippen molar-refractivity contribution in [1.82, 2.24) is 5.32 Å². The summed E-state index contributed by atoms with van der Waals surface area (Å²) in [6.45, 7) is 4.98. The molecule has 0 atom stereocenters. The van der Waals surface area contributed by atoms with Gasteiger partial charge < -0.3 is 15.4 Å². The van der Waals surface area contributed by atoms with Gasteiger partial charge in [0.15, 0.2) is 5.11 Å². The normalized spacial score (nSPS) is 10.2. The fourth-order valence-corrected chi connectivity index (χ4v) is 2.48. The van der Waals surface area contributed by atoms with Crippen LogP contribution in [0.25, 0.3) is 0 Å². The number of ether oxygens (including phenoxy) is 1. The third kappa shape index (κ3) is 8.87. The van der Waals surface area contributed by atoms with Gasteiger partial charge in [-0.05, 0) is 37.2 Å². The van der Waals surface area contributed by atoms with Crippen LogP contribution in [0.4, 0.5) is 5.69 Å². The van der Waals surface area contributed by atoms with Crippen molar-refractivity contribution in [3.8, 4) is 5.75 Å². The number of thiocarbonyl (C=S) groups is 1. The van der Waals surface area contributed by atoms with Crippen molar-refractivity contribution in [3.63, 3.8) is 0 Å². The summed E-state index contributed by atoms with van der Waals surface area (Å²) in [4.78, 5) is 11.9. The van der Waals surface area contributed by atoms with E-state index in [9.17, 15) is 4.79 Å². The zero-order valence-corrected chi connectivity index (χ0v) is 15.7. The van der Waals surface area contributed by atoms with E-state index < -0.39 is 0 Å². The Kier molecular flexibility index (Phi) is 10.9. The van der Waals surface area contributed by atoms with Gasteiger partial charge in [0.2, 0.25) is 5.91 Å². The summed E-state index contributed by atoms with van der Waals surface area (Å²) in [6.07, 6.45) is 8.24. The average molecular weight is 351 g/mol. The largest absolute Gasteiger partial charge is 0.491 e. The molecule has 0 radical (unpaired) electrons. The van der Waals surface area contributed by atoms with Gasteiger partial charge >= 0.3 is 0 Å². The van der Waals surface area contributed by atoms with Gasteiger partial charge in [0.05, 0.1) is 12.3 Å². The predicted molar refractivity (Wildman–Crippen MR) is 105 cm³/mol. The molecular formula is C19H30N2O2S. The third-order valence-corrected chi connectivity index (χ3v) is 3.86. The van der Waals surface area contributed by atoms with E-state index in [1.807, 2.05) is 24.3 Å². The van der Waals surface area contributed by atoms with Gasteiger partial charge in [-0.2, -0.15) is 0 Å². The first-order valence-corrected chi connectivity index (χ1v) is 9.40. The molecule has 0 aliphatic carbocycles. The number of hydrogen-bond acceptors (Lipinski definition) is 3. The van der Waals surface area contributed by atoms with Crippen LogP contribution in [0, 0.1) is 0 Å². The highest BCUT2D eigenvalue weighted by atomic mass is 32.1. The minimum atomic E-state index is -0.0339. The highest BCUT2D eigenvalue weighted by molar-refractivity contribution is 7.80. The van der Waals surface area contributed by atoms with Gasteiger partial charge in [-0.15, -0.1) is 0 Å². The zero-order valence-electron chi connectivity index (χ0n) is 14.9. The molecule has 4 nitrogen and oxygen atoms in total. The van der Waals surface area contributed by atoms with E-state index in [-0.39, 0.29) is 5.91 Å². The molecule has 5 heteroatoms. The number of benzene rings is 1. The fourth-order valence-electron chi connectivity index (χ4n) is 2.25. The van der Waals surface area contributed by atoms with Gasteiger partial charge in [0.1, 0.15) is 5.75 Å². The molecule has 0 fully saturated rings. The first kappa shape index (κ1) is 20.4. The number of nitrogens with one attached hydrogen (secondary N) is 2. The molecule has 0 aliphatic heterocycles. The monoisotopic (exact) mass is 350 g/mol. The van der Waals surface area contributed by atoms with Crippen LogP contribution in [0.1, 0.15) is 65.2 Å². The zero-order chi connectivity index (χ0) is 17.6. The molecule has 24 heavy (non-hydrogen) atoms. The first-order chi connectivity index (χ1) is 11.7. The molecule has 0 aliphatic rings. The molecule has 0 unspecified atom stereocenters. The summed E-state index contributed by atoms with van der Waals surface area (Å²) in [5, 5.41) is 6.11. The lowest BCUT2D eigenvalue weighted by Gasteiger charge is -2.14. The molecule has 1 aromatic rings. The van der Waals surface area contributed by atoms with Crippen LogP contribution in [0.15, 0.2) is 24.3 Å². The van der Waals surface area contributed by atoms with E-state index in [2.05, 4.69) is 24.5 Å². The first-order valence-electron chi connectivity index (χ1n) is 9.00. The topological polar surface area (TPSA) is 50.4 Å². The molecule has 0 saturated carbocycles. The summed E-state index contributed by atoms with van der Waals surface area (Å²) in [5.74, 6) is 0.718. The molecule has 1 amide bonds. The lowest BCUT2D eigenvalue weighted by molar-refractivity contribution is -0.119. The Hall–Kier alpha value is -1.62. The molecule has 0 spiro atoms. The predicted octanol–water partition coefficient (Wildman–Crippen LogP) is 5.04. The average Bonchev–Trinajstić information content (AvgIpc) is 2.56. The Morgan fingerprint density at radius 2 is 1.75 bits per heavy atom. The van der Waals surface area contributed by atoms with Crippen molar-refractivity contribution >= 4 is 28.9 Å². The van der Waals surface area contributed by atoms with Crippen LogP contribution >= 0.6 is 12.2 Å². The Balaban J connectivity index is 2.37. The summed E-state index contributed by atoms with van der Waals surface area (Å²) in [5.41, 5.74) is 0.779. The number of amides is 1. The van der Waals surface area contributed by atoms with Crippen LogP contribution in [-0.4, -0.2) is 17.6 Å². The van der Waals surface area contributed by atoms with E-state index in [1.54, 1.807) is 0 Å². The van der Waals surface area contributed by atoms with Crippen molar-refractivity contribution in [1.29, 1.82) is 0 Å². The molecule has 0 heterocycles.